The van der Waals surface area contributed by atoms with Crippen LogP contribution in [0.1, 0.15) is 18.2 Å². The molecule has 1 aromatic rings. The van der Waals surface area contributed by atoms with Crippen LogP contribution in [-0.4, -0.2) is 54.5 Å². The number of nitrogens with two attached hydrogens (primary N) is 1. The van der Waals surface area contributed by atoms with E-state index in [1.165, 1.54) is 0 Å². The number of aromatic nitrogens is 2. The van der Waals surface area contributed by atoms with Gasteiger partial charge >= 0.3 is 29.2 Å². The lowest BCUT2D eigenvalue weighted by molar-refractivity contribution is -0.0471. The van der Waals surface area contributed by atoms with Crippen LogP contribution in [0.2, 0.25) is 0 Å². The lowest BCUT2D eigenvalue weighted by Crippen LogP contribution is -2.33. The molecule has 194 valence electrons. The number of rotatable bonds is 10. The molecule has 2 unspecified atom stereocenters. The molecule has 35 heavy (non-hydrogen) atoms. The predicted molar refractivity (Wildman–Crippen MR) is 114 cm³/mol. The molecule has 7 N–H and O–H groups in total. The van der Waals surface area contributed by atoms with Crippen LogP contribution in [-0.2, 0) is 36.3 Å². The van der Waals surface area contributed by atoms with Crippen LogP contribution in [0.15, 0.2) is 34.4 Å². The van der Waals surface area contributed by atoms with Gasteiger partial charge in [0.2, 0.25) is 0 Å². The number of ether oxygens (including phenoxy) is 2. The van der Waals surface area contributed by atoms with Crippen molar-refractivity contribution in [2.45, 2.75) is 24.9 Å². The molecule has 20 heteroatoms. The zero-order chi connectivity index (χ0) is 26.4. The van der Waals surface area contributed by atoms with Gasteiger partial charge in [0.15, 0.2) is 0 Å². The lowest BCUT2D eigenvalue weighted by Gasteiger charge is -2.20. The Bertz CT molecular complexity index is 1300. The minimum atomic E-state index is -5.71. The first-order valence-corrected chi connectivity index (χ1v) is 13.7. The van der Waals surface area contributed by atoms with E-state index < -0.39 is 59.8 Å². The maximum absolute atomic E-state index is 12.3. The third-order valence-corrected chi connectivity index (χ3v) is 7.73. The van der Waals surface area contributed by atoms with E-state index in [4.69, 9.17) is 25.0 Å². The summed E-state index contributed by atoms with van der Waals surface area (Å²) in [4.78, 5) is 62.2. The standard InChI is InChI=1S/C15H20N3O14P3/c1-2-6-28-11-7-13(18-8-10(4-3-5-16)14(19)17-15(18)20)30-12(11)9-29-34(24,25)32-35(26,27)31-33(21,22)23/h6,8,11-13H,1,5,7,9,16H2,(H,24,25)(H,26,27)(H,17,19,20)(H2,21,22,23)/t11-,12+,13+/m0/s1. The molecule has 2 heterocycles. The molecule has 2 rings (SSSR count). The lowest BCUT2D eigenvalue weighted by atomic mass is 10.2. The number of aromatic amines is 1. The summed E-state index contributed by atoms with van der Waals surface area (Å²) in [6, 6.07) is 0. The molecule has 1 saturated heterocycles. The van der Waals surface area contributed by atoms with Gasteiger partial charge in [-0.2, -0.15) is 8.62 Å². The van der Waals surface area contributed by atoms with E-state index in [0.717, 1.165) is 17.0 Å². The molecule has 1 aliphatic rings. The number of phosphoric acid groups is 3. The zero-order valence-electron chi connectivity index (χ0n) is 17.5. The fraction of sp³-hybridized carbons (Fsp3) is 0.400. The van der Waals surface area contributed by atoms with Crippen molar-refractivity contribution in [3.8, 4) is 11.8 Å². The monoisotopic (exact) mass is 559 g/mol. The maximum Gasteiger partial charge on any atom is 0.490 e. The van der Waals surface area contributed by atoms with Crippen LogP contribution in [0.4, 0.5) is 0 Å². The maximum atomic E-state index is 12.3. The van der Waals surface area contributed by atoms with Crippen molar-refractivity contribution in [3.63, 3.8) is 0 Å². The summed E-state index contributed by atoms with van der Waals surface area (Å²) in [5, 5.41) is 0. The quantitative estimate of drug-likeness (QED) is 0.0884. The molecule has 0 bridgehead atoms. The average Bonchev–Trinajstić information content (AvgIpc) is 3.10. The Morgan fingerprint density at radius 2 is 1.91 bits per heavy atom. The first kappa shape index (κ1) is 29.1. The van der Waals surface area contributed by atoms with E-state index in [-0.39, 0.29) is 18.5 Å². The van der Waals surface area contributed by atoms with Crippen LogP contribution in [0.3, 0.4) is 0 Å². The van der Waals surface area contributed by atoms with Crippen LogP contribution in [0.25, 0.3) is 0 Å². The van der Waals surface area contributed by atoms with Gasteiger partial charge in [-0.15, -0.1) is 0 Å². The summed E-state index contributed by atoms with van der Waals surface area (Å²) in [5.41, 5.74) is 5.86. The highest BCUT2D eigenvalue weighted by Crippen LogP contribution is 2.66. The van der Waals surface area contributed by atoms with Crippen LogP contribution >= 0.6 is 23.5 Å². The van der Waals surface area contributed by atoms with Crippen molar-refractivity contribution < 1.29 is 55.9 Å². The van der Waals surface area contributed by atoms with E-state index in [2.05, 4.69) is 42.3 Å². The molecule has 0 saturated carbocycles. The highest BCUT2D eigenvalue weighted by molar-refractivity contribution is 7.66. The van der Waals surface area contributed by atoms with E-state index in [0.29, 0.717) is 0 Å². The SMILES string of the molecule is C=C=CO[C@H]1C[C@H](n2cc(C#CCN)c(=O)[nH]c2=O)O[C@@H]1COP(=O)(O)OP(=O)(O)OP(=O)(O)O. The average molecular weight is 559 g/mol. The Kier molecular flexibility index (Phi) is 9.78. The smallest absolute Gasteiger partial charge is 0.487 e. The van der Waals surface area contributed by atoms with Gasteiger partial charge in [-0.1, -0.05) is 24.2 Å². The molecule has 0 spiro atoms. The number of hydrogen-bond donors (Lipinski definition) is 6. The van der Waals surface area contributed by atoms with Crippen molar-refractivity contribution in [1.29, 1.82) is 0 Å². The summed E-state index contributed by atoms with van der Waals surface area (Å²) in [5.74, 6) is 4.94. The minimum absolute atomic E-state index is 0.0506. The summed E-state index contributed by atoms with van der Waals surface area (Å²) in [6.45, 7) is 2.41. The molecule has 0 aromatic carbocycles. The first-order valence-electron chi connectivity index (χ1n) is 9.14. The summed E-state index contributed by atoms with van der Waals surface area (Å²) < 4.78 is 57.9. The van der Waals surface area contributed by atoms with Gasteiger partial charge < -0.3 is 34.8 Å². The Morgan fingerprint density at radius 3 is 2.51 bits per heavy atom. The summed E-state index contributed by atoms with van der Waals surface area (Å²) in [7, 11) is -16.7. The molecule has 0 radical (unpaired) electrons. The van der Waals surface area contributed by atoms with E-state index in [9.17, 15) is 33.1 Å². The number of hydrogen-bond acceptors (Lipinski definition) is 11. The molecule has 0 amide bonds. The number of nitrogens with zero attached hydrogens (tertiary/aromatic N) is 1. The van der Waals surface area contributed by atoms with Crippen molar-refractivity contribution in [2.24, 2.45) is 5.73 Å². The summed E-state index contributed by atoms with van der Waals surface area (Å²) >= 11 is 0. The fourth-order valence-electron chi connectivity index (χ4n) is 2.71. The second-order valence-corrected chi connectivity index (χ2v) is 10.9. The normalized spacial score (nSPS) is 23.3. The Balaban J connectivity index is 2.22. The Morgan fingerprint density at radius 1 is 1.23 bits per heavy atom. The van der Waals surface area contributed by atoms with Crippen molar-refractivity contribution in [1.82, 2.24) is 9.55 Å². The topological polar surface area (TPSA) is 259 Å². The molecule has 5 atom stereocenters. The fourth-order valence-corrected chi connectivity index (χ4v) is 5.74. The first-order chi connectivity index (χ1) is 16.2. The highest BCUT2D eigenvalue weighted by atomic mass is 31.3. The molecular formula is C15H20N3O14P3. The molecule has 1 aromatic heterocycles. The predicted octanol–water partition coefficient (Wildman–Crippen LogP) is -0.839. The second-order valence-electron chi connectivity index (χ2n) is 6.46. The van der Waals surface area contributed by atoms with Gasteiger partial charge in [0.25, 0.3) is 5.56 Å². The van der Waals surface area contributed by atoms with Gasteiger partial charge in [0.05, 0.1) is 13.2 Å². The van der Waals surface area contributed by atoms with Crippen LogP contribution < -0.4 is 17.0 Å². The highest BCUT2D eigenvalue weighted by Gasteiger charge is 2.43. The van der Waals surface area contributed by atoms with E-state index in [1.54, 1.807) is 0 Å². The van der Waals surface area contributed by atoms with Crippen molar-refractivity contribution >= 4 is 23.5 Å². The summed E-state index contributed by atoms with van der Waals surface area (Å²) in [6.07, 6.45) is -1.21. The van der Waals surface area contributed by atoms with E-state index in [1.807, 2.05) is 0 Å². The van der Waals surface area contributed by atoms with Gasteiger partial charge in [0, 0.05) is 12.6 Å². The third-order valence-electron chi connectivity index (χ3n) is 3.93. The third kappa shape index (κ3) is 9.12. The minimum Gasteiger partial charge on any atom is -0.487 e. The van der Waals surface area contributed by atoms with Gasteiger partial charge in [-0.25, -0.2) is 18.5 Å². The van der Waals surface area contributed by atoms with Crippen LogP contribution in [0, 0.1) is 11.8 Å². The Hall–Kier alpha value is -2.11. The Labute approximate surface area is 196 Å². The second kappa shape index (κ2) is 11.7. The van der Waals surface area contributed by atoms with Gasteiger partial charge in [-0.3, -0.25) is 18.9 Å². The van der Waals surface area contributed by atoms with Gasteiger partial charge in [0.1, 0.15) is 30.3 Å². The van der Waals surface area contributed by atoms with Crippen molar-refractivity contribution in [2.75, 3.05) is 13.2 Å². The van der Waals surface area contributed by atoms with E-state index >= 15 is 0 Å². The molecule has 0 aliphatic carbocycles. The zero-order valence-corrected chi connectivity index (χ0v) is 20.1. The molecular weight excluding hydrogens is 539 g/mol. The molecule has 1 fully saturated rings. The van der Waals surface area contributed by atoms with Crippen LogP contribution in [0.5, 0.6) is 0 Å². The number of phosphoric ester groups is 1. The molecule has 1 aliphatic heterocycles. The largest absolute Gasteiger partial charge is 0.490 e. The number of H-pyrrole nitrogens is 1. The van der Waals surface area contributed by atoms with Crippen molar-refractivity contribution in [3.05, 3.63) is 51.2 Å². The molecule has 17 nitrogen and oxygen atoms in total. The van der Waals surface area contributed by atoms with Gasteiger partial charge in [-0.05, 0) is 0 Å². The number of nitrogens with one attached hydrogen (secondary N) is 1.